The molecule has 0 aliphatic carbocycles. The van der Waals surface area contributed by atoms with E-state index in [0.717, 1.165) is 7.11 Å². The van der Waals surface area contributed by atoms with Crippen LogP contribution in [0.1, 0.15) is 25.5 Å². The molecule has 0 saturated heterocycles. The summed E-state index contributed by atoms with van der Waals surface area (Å²) in [7, 11) is -6.25. The Morgan fingerprint density at radius 1 is 0.882 bits per heavy atom. The van der Waals surface area contributed by atoms with Crippen molar-refractivity contribution in [1.29, 1.82) is 0 Å². The molecule has 0 N–H and O–H groups in total. The van der Waals surface area contributed by atoms with Crippen LogP contribution in [0.25, 0.3) is 11.3 Å². The van der Waals surface area contributed by atoms with Crippen molar-refractivity contribution in [3.63, 3.8) is 0 Å². The molecular formula is C19H16F9NO4S. The van der Waals surface area contributed by atoms with Gasteiger partial charge in [-0.05, 0) is 5.92 Å². The van der Waals surface area contributed by atoms with Crippen LogP contribution in [0.2, 0.25) is 0 Å². The molecule has 0 atom stereocenters. The summed E-state index contributed by atoms with van der Waals surface area (Å²) < 4.78 is 152. The van der Waals surface area contributed by atoms with Gasteiger partial charge in [-0.2, -0.15) is 47.9 Å². The highest BCUT2D eigenvalue weighted by Gasteiger charge is 2.86. The third kappa shape index (κ3) is 4.49. The third-order valence-corrected chi connectivity index (χ3v) is 5.70. The summed E-state index contributed by atoms with van der Waals surface area (Å²) in [5, 5.41) is -7.02. The number of nitrogens with zero attached hydrogens (tertiary/aromatic N) is 1. The Morgan fingerprint density at radius 2 is 1.41 bits per heavy atom. The first-order valence-electron chi connectivity index (χ1n) is 9.10. The molecular weight excluding hydrogens is 509 g/mol. The van der Waals surface area contributed by atoms with Crippen molar-refractivity contribution in [3.8, 4) is 22.8 Å². The Labute approximate surface area is 187 Å². The summed E-state index contributed by atoms with van der Waals surface area (Å²) in [6.07, 6.45) is -7.20. The molecule has 0 saturated carbocycles. The zero-order valence-electron chi connectivity index (χ0n) is 17.4. The molecule has 0 aliphatic rings. The molecule has 1 heterocycles. The fraction of sp³-hybridized carbons (Fsp3) is 0.421. The summed E-state index contributed by atoms with van der Waals surface area (Å²) in [5.41, 5.74) is 0.0470. The van der Waals surface area contributed by atoms with Crippen molar-refractivity contribution in [2.45, 2.75) is 43.0 Å². The van der Waals surface area contributed by atoms with Gasteiger partial charge in [-0.25, -0.2) is 4.98 Å². The Hall–Kier alpha value is -2.71. The third-order valence-electron chi connectivity index (χ3n) is 4.42. The van der Waals surface area contributed by atoms with Gasteiger partial charge >= 0.3 is 33.4 Å². The van der Waals surface area contributed by atoms with E-state index in [1.807, 2.05) is 0 Å². The van der Waals surface area contributed by atoms with E-state index < -0.39 is 50.8 Å². The highest BCUT2D eigenvalue weighted by atomic mass is 32.2. The molecule has 2 rings (SSSR count). The van der Waals surface area contributed by atoms with E-state index in [1.54, 1.807) is 6.07 Å². The van der Waals surface area contributed by atoms with Gasteiger partial charge in [0.25, 0.3) is 0 Å². The Bertz CT molecular complexity index is 1130. The van der Waals surface area contributed by atoms with Crippen LogP contribution in [0, 0.1) is 0 Å². The van der Waals surface area contributed by atoms with E-state index in [0.29, 0.717) is 6.07 Å². The van der Waals surface area contributed by atoms with E-state index in [1.165, 1.54) is 38.1 Å². The summed E-state index contributed by atoms with van der Waals surface area (Å²) in [6.45, 7) is 3.01. The smallest absolute Gasteiger partial charge is 0.460 e. The molecule has 1 aromatic carbocycles. The van der Waals surface area contributed by atoms with Gasteiger partial charge in [0.05, 0.1) is 18.5 Å². The standard InChI is InChI=1S/C19H16F9NO4S/c1-10(2)14-15(32-3)13(9-12(29-14)11-7-5-4-6-8-11)33-34(30,31)19(27,28)17(22,23)16(20,21)18(24,25)26/h4-10H,1-3H3. The van der Waals surface area contributed by atoms with Crippen LogP contribution in [0.5, 0.6) is 11.5 Å². The minimum atomic E-state index is -7.43. The van der Waals surface area contributed by atoms with Gasteiger partial charge < -0.3 is 8.92 Å². The normalized spacial score (nSPS) is 13.8. The van der Waals surface area contributed by atoms with E-state index in [-0.39, 0.29) is 17.0 Å². The van der Waals surface area contributed by atoms with Crippen LogP contribution < -0.4 is 8.92 Å². The lowest BCUT2D eigenvalue weighted by Crippen LogP contribution is -2.63. The van der Waals surface area contributed by atoms with Crippen molar-refractivity contribution >= 4 is 10.1 Å². The molecule has 0 unspecified atom stereocenters. The number of rotatable bonds is 8. The summed E-state index contributed by atoms with van der Waals surface area (Å²) >= 11 is 0. The van der Waals surface area contributed by atoms with Crippen LogP contribution in [-0.4, -0.2) is 43.8 Å². The second-order valence-electron chi connectivity index (χ2n) is 7.15. The van der Waals surface area contributed by atoms with Gasteiger partial charge in [0.15, 0.2) is 11.5 Å². The number of hydrogen-bond donors (Lipinski definition) is 0. The van der Waals surface area contributed by atoms with Gasteiger partial charge in [0.2, 0.25) is 0 Å². The second kappa shape index (κ2) is 8.82. The molecule has 15 heteroatoms. The first-order valence-corrected chi connectivity index (χ1v) is 10.5. The highest BCUT2D eigenvalue weighted by molar-refractivity contribution is 7.88. The topological polar surface area (TPSA) is 65.5 Å². The molecule has 0 spiro atoms. The number of pyridine rings is 1. The lowest BCUT2D eigenvalue weighted by atomic mass is 10.1. The first kappa shape index (κ1) is 27.5. The molecule has 34 heavy (non-hydrogen) atoms. The quantitative estimate of drug-likeness (QED) is 0.312. The highest BCUT2D eigenvalue weighted by Crippen LogP contribution is 2.55. The number of aromatic nitrogens is 1. The lowest BCUT2D eigenvalue weighted by Gasteiger charge is -2.32. The van der Waals surface area contributed by atoms with Gasteiger partial charge in [0, 0.05) is 11.6 Å². The average Bonchev–Trinajstić information content (AvgIpc) is 2.72. The van der Waals surface area contributed by atoms with Gasteiger partial charge in [-0.3, -0.25) is 0 Å². The van der Waals surface area contributed by atoms with Crippen LogP contribution in [0.3, 0.4) is 0 Å². The number of benzene rings is 1. The van der Waals surface area contributed by atoms with Gasteiger partial charge in [-0.1, -0.05) is 44.2 Å². The molecule has 0 radical (unpaired) electrons. The zero-order chi connectivity index (χ0) is 26.3. The number of ether oxygens (including phenoxy) is 1. The minimum Gasteiger partial charge on any atom is -0.491 e. The van der Waals surface area contributed by atoms with Crippen molar-refractivity contribution in [1.82, 2.24) is 4.98 Å². The Balaban J connectivity index is 2.69. The minimum absolute atomic E-state index is 0.107. The molecule has 0 bridgehead atoms. The molecule has 5 nitrogen and oxygen atoms in total. The molecule has 190 valence electrons. The SMILES string of the molecule is COc1c(OS(=O)(=O)C(F)(F)C(F)(F)C(F)(F)C(F)(F)F)cc(-c2ccccc2)nc1C(C)C. The van der Waals surface area contributed by atoms with Gasteiger partial charge in [-0.15, -0.1) is 0 Å². The number of hydrogen-bond acceptors (Lipinski definition) is 5. The largest absolute Gasteiger partial charge is 0.491 e. The van der Waals surface area contributed by atoms with Crippen molar-refractivity contribution < 1.29 is 56.9 Å². The molecule has 0 amide bonds. The maximum Gasteiger partial charge on any atom is 0.460 e. The Kier molecular flexibility index (Phi) is 7.14. The van der Waals surface area contributed by atoms with Crippen molar-refractivity contribution in [3.05, 3.63) is 42.1 Å². The maximum absolute atomic E-state index is 14.1. The summed E-state index contributed by atoms with van der Waals surface area (Å²) in [5.74, 6) is -17.3. The predicted molar refractivity (Wildman–Crippen MR) is 101 cm³/mol. The number of methoxy groups -OCH3 is 1. The second-order valence-corrected chi connectivity index (χ2v) is 8.73. The summed E-state index contributed by atoms with van der Waals surface area (Å²) in [6, 6.07) is 8.19. The fourth-order valence-corrected chi connectivity index (χ4v) is 3.54. The van der Waals surface area contributed by atoms with Crippen molar-refractivity contribution in [2.24, 2.45) is 0 Å². The van der Waals surface area contributed by atoms with Crippen molar-refractivity contribution in [2.75, 3.05) is 7.11 Å². The zero-order valence-corrected chi connectivity index (χ0v) is 18.2. The van der Waals surface area contributed by atoms with Crippen LogP contribution in [-0.2, 0) is 10.1 Å². The van der Waals surface area contributed by atoms with Crippen LogP contribution in [0.15, 0.2) is 36.4 Å². The van der Waals surface area contributed by atoms with E-state index in [9.17, 15) is 47.9 Å². The molecule has 0 fully saturated rings. The number of halogens is 9. The van der Waals surface area contributed by atoms with Crippen LogP contribution in [0.4, 0.5) is 39.5 Å². The average molecular weight is 525 g/mol. The number of alkyl halides is 9. The molecule has 1 aromatic heterocycles. The van der Waals surface area contributed by atoms with Gasteiger partial charge in [0.1, 0.15) is 0 Å². The fourth-order valence-electron chi connectivity index (χ4n) is 2.63. The van der Waals surface area contributed by atoms with E-state index in [2.05, 4.69) is 9.17 Å². The monoisotopic (exact) mass is 525 g/mol. The summed E-state index contributed by atoms with van der Waals surface area (Å²) in [4.78, 5) is 4.18. The molecule has 0 aliphatic heterocycles. The lowest BCUT2D eigenvalue weighted by molar-refractivity contribution is -0.382. The Morgan fingerprint density at radius 3 is 1.85 bits per heavy atom. The predicted octanol–water partition coefficient (Wildman–Crippen LogP) is 6.01. The van der Waals surface area contributed by atoms with E-state index >= 15 is 0 Å². The maximum atomic E-state index is 14.1. The van der Waals surface area contributed by atoms with E-state index in [4.69, 9.17) is 4.74 Å². The molecule has 2 aromatic rings. The first-order chi connectivity index (χ1) is 15.3. The van der Waals surface area contributed by atoms with Crippen LogP contribution >= 0.6 is 0 Å².